The molecule has 0 unspecified atom stereocenters. The number of anilines is 2. The van der Waals surface area contributed by atoms with E-state index in [1.54, 1.807) is 6.08 Å². The molecule has 2 aromatic carbocycles. The quantitative estimate of drug-likeness (QED) is 0.271. The minimum absolute atomic E-state index is 0.0287. The highest BCUT2D eigenvalue weighted by atomic mass is 16.5. The second-order valence-corrected chi connectivity index (χ2v) is 10.2. The van der Waals surface area contributed by atoms with Gasteiger partial charge in [-0.05, 0) is 43.5 Å². The van der Waals surface area contributed by atoms with Crippen LogP contribution in [0, 0.1) is 5.92 Å². The molecular formula is C30H33N3O3. The van der Waals surface area contributed by atoms with E-state index >= 15 is 0 Å². The van der Waals surface area contributed by atoms with Gasteiger partial charge in [0.15, 0.2) is 5.78 Å². The number of rotatable bonds is 5. The Morgan fingerprint density at radius 2 is 1.78 bits per heavy atom. The lowest BCUT2D eigenvalue weighted by Crippen LogP contribution is -2.37. The van der Waals surface area contributed by atoms with Gasteiger partial charge in [-0.25, -0.2) is 4.98 Å². The summed E-state index contributed by atoms with van der Waals surface area (Å²) in [5.74, 6) is 0.559. The first-order valence-corrected chi connectivity index (χ1v) is 12.7. The topological polar surface area (TPSA) is 62.7 Å². The van der Waals surface area contributed by atoms with Crippen LogP contribution in [0.2, 0.25) is 0 Å². The van der Waals surface area contributed by atoms with Gasteiger partial charge in [-0.1, -0.05) is 50.2 Å². The minimum Gasteiger partial charge on any atom is -0.466 e. The number of carbonyl (C=O) groups is 2. The molecule has 3 heterocycles. The SMILES string of the molecule is CCOC(=O)C1CCN(c2cc(C(=O)C=C3N(C)c4ccccc4C3(C)C)c3ccccc3n2)CC1. The Bertz CT molecular complexity index is 1350. The fourth-order valence-corrected chi connectivity index (χ4v) is 5.59. The molecule has 0 amide bonds. The molecule has 0 aliphatic carbocycles. The van der Waals surface area contributed by atoms with Gasteiger partial charge in [-0.3, -0.25) is 9.59 Å². The molecule has 0 radical (unpaired) electrons. The highest BCUT2D eigenvalue weighted by molar-refractivity contribution is 6.14. The van der Waals surface area contributed by atoms with Crippen molar-refractivity contribution in [3.63, 3.8) is 0 Å². The maximum absolute atomic E-state index is 13.8. The van der Waals surface area contributed by atoms with Crippen LogP contribution in [0.15, 0.2) is 66.4 Å². The van der Waals surface area contributed by atoms with Crippen LogP contribution in [0.3, 0.4) is 0 Å². The highest BCUT2D eigenvalue weighted by Gasteiger charge is 2.38. The second kappa shape index (κ2) is 9.41. The lowest BCUT2D eigenvalue weighted by Gasteiger charge is -2.32. The van der Waals surface area contributed by atoms with Gasteiger partial charge < -0.3 is 14.5 Å². The molecule has 5 rings (SSSR count). The Morgan fingerprint density at radius 3 is 2.50 bits per heavy atom. The summed E-state index contributed by atoms with van der Waals surface area (Å²) in [5, 5.41) is 0.848. The molecule has 6 nitrogen and oxygen atoms in total. The Morgan fingerprint density at radius 1 is 1.08 bits per heavy atom. The first-order valence-electron chi connectivity index (χ1n) is 12.7. The number of piperidine rings is 1. The molecule has 0 saturated carbocycles. The normalized spacial score (nSPS) is 18.5. The molecule has 0 bridgehead atoms. The molecule has 0 spiro atoms. The Labute approximate surface area is 212 Å². The van der Waals surface area contributed by atoms with E-state index in [1.165, 1.54) is 5.56 Å². The van der Waals surface area contributed by atoms with E-state index in [0.717, 1.165) is 40.9 Å². The maximum atomic E-state index is 13.8. The summed E-state index contributed by atoms with van der Waals surface area (Å²) in [6, 6.07) is 18.0. The average Bonchev–Trinajstić information content (AvgIpc) is 3.09. The fourth-order valence-electron chi connectivity index (χ4n) is 5.59. The lowest BCUT2D eigenvalue weighted by molar-refractivity contribution is -0.148. The zero-order valence-corrected chi connectivity index (χ0v) is 21.5. The molecule has 2 aliphatic heterocycles. The number of carbonyl (C=O) groups excluding carboxylic acids is 2. The molecular weight excluding hydrogens is 450 g/mol. The summed E-state index contributed by atoms with van der Waals surface area (Å²) in [4.78, 5) is 35.2. The highest BCUT2D eigenvalue weighted by Crippen LogP contribution is 2.46. The van der Waals surface area contributed by atoms with Crippen LogP contribution in [-0.4, -0.2) is 43.5 Å². The van der Waals surface area contributed by atoms with E-state index in [2.05, 4.69) is 35.8 Å². The monoisotopic (exact) mass is 483 g/mol. The van der Waals surface area contributed by atoms with Crippen LogP contribution in [0.1, 0.15) is 49.5 Å². The molecule has 0 atom stereocenters. The van der Waals surface area contributed by atoms with Gasteiger partial charge in [0.05, 0.1) is 18.0 Å². The summed E-state index contributed by atoms with van der Waals surface area (Å²) in [6.45, 7) is 7.98. The fraction of sp³-hybridized carbons (Fsp3) is 0.367. The number of pyridine rings is 1. The van der Waals surface area contributed by atoms with Crippen LogP contribution in [0.5, 0.6) is 0 Å². The number of hydrogen-bond acceptors (Lipinski definition) is 6. The summed E-state index contributed by atoms with van der Waals surface area (Å²) in [5.41, 5.74) is 4.50. The predicted octanol–water partition coefficient (Wildman–Crippen LogP) is 5.51. The predicted molar refractivity (Wildman–Crippen MR) is 144 cm³/mol. The molecule has 1 fully saturated rings. The third-order valence-corrected chi connectivity index (χ3v) is 7.62. The second-order valence-electron chi connectivity index (χ2n) is 10.2. The molecule has 0 N–H and O–H groups in total. The molecule has 3 aromatic rings. The van der Waals surface area contributed by atoms with Gasteiger partial charge in [-0.15, -0.1) is 0 Å². The Kier molecular flexibility index (Phi) is 6.29. The van der Waals surface area contributed by atoms with Crippen molar-refractivity contribution in [3.8, 4) is 0 Å². The third-order valence-electron chi connectivity index (χ3n) is 7.62. The first kappa shape index (κ1) is 24.0. The summed E-state index contributed by atoms with van der Waals surface area (Å²) < 4.78 is 5.21. The number of nitrogens with zero attached hydrogens (tertiary/aromatic N) is 3. The van der Waals surface area contributed by atoms with Crippen molar-refractivity contribution in [1.82, 2.24) is 4.98 Å². The number of fused-ring (bicyclic) bond motifs is 2. The molecule has 1 saturated heterocycles. The zero-order chi connectivity index (χ0) is 25.4. The van der Waals surface area contributed by atoms with Gasteiger partial charge in [0.2, 0.25) is 0 Å². The van der Waals surface area contributed by atoms with Crippen molar-refractivity contribution in [1.29, 1.82) is 0 Å². The smallest absolute Gasteiger partial charge is 0.309 e. The number of ether oxygens (including phenoxy) is 1. The van der Waals surface area contributed by atoms with E-state index in [-0.39, 0.29) is 23.1 Å². The number of ketones is 1. The number of hydrogen-bond donors (Lipinski definition) is 0. The number of aromatic nitrogens is 1. The van der Waals surface area contributed by atoms with E-state index in [0.29, 0.717) is 25.3 Å². The van der Waals surface area contributed by atoms with Crippen LogP contribution in [0.25, 0.3) is 10.9 Å². The van der Waals surface area contributed by atoms with E-state index in [4.69, 9.17) is 9.72 Å². The van der Waals surface area contributed by atoms with Crippen molar-refractivity contribution in [2.24, 2.45) is 5.92 Å². The summed E-state index contributed by atoms with van der Waals surface area (Å²) in [7, 11) is 2.02. The number of para-hydroxylation sites is 2. The number of benzene rings is 2. The van der Waals surface area contributed by atoms with Crippen molar-refractivity contribution in [2.75, 3.05) is 36.5 Å². The van der Waals surface area contributed by atoms with Gasteiger partial charge in [0.25, 0.3) is 0 Å². The lowest BCUT2D eigenvalue weighted by atomic mass is 9.83. The van der Waals surface area contributed by atoms with Crippen molar-refractivity contribution in [3.05, 3.63) is 77.5 Å². The van der Waals surface area contributed by atoms with E-state index in [1.807, 2.05) is 56.4 Å². The molecule has 2 aliphatic rings. The standard InChI is InChI=1S/C30H33N3O3/c1-5-36-29(35)20-14-16-33(17-15-20)28-18-22(21-10-6-8-12-24(21)31-28)26(34)19-27-30(2,3)23-11-7-9-13-25(23)32(27)4/h6-13,18-20H,5,14-17H2,1-4H3. The number of allylic oxidation sites excluding steroid dienone is 2. The van der Waals surface area contributed by atoms with Gasteiger partial charge in [0, 0.05) is 54.0 Å². The van der Waals surface area contributed by atoms with Gasteiger partial charge >= 0.3 is 5.97 Å². The van der Waals surface area contributed by atoms with E-state index in [9.17, 15) is 9.59 Å². The molecule has 6 heteroatoms. The van der Waals surface area contributed by atoms with Crippen molar-refractivity contribution >= 4 is 34.2 Å². The van der Waals surface area contributed by atoms with Crippen molar-refractivity contribution < 1.29 is 14.3 Å². The van der Waals surface area contributed by atoms with Crippen LogP contribution >= 0.6 is 0 Å². The molecule has 186 valence electrons. The Hall–Kier alpha value is -3.67. The number of esters is 1. The third kappa shape index (κ3) is 4.15. The van der Waals surface area contributed by atoms with Crippen LogP contribution in [0.4, 0.5) is 11.5 Å². The minimum atomic E-state index is -0.276. The van der Waals surface area contributed by atoms with Crippen molar-refractivity contribution in [2.45, 2.75) is 39.0 Å². The zero-order valence-electron chi connectivity index (χ0n) is 21.5. The Balaban J connectivity index is 1.48. The molecule has 1 aromatic heterocycles. The van der Waals surface area contributed by atoms with Gasteiger partial charge in [-0.2, -0.15) is 0 Å². The summed E-state index contributed by atoms with van der Waals surface area (Å²) in [6.07, 6.45) is 3.23. The molecule has 36 heavy (non-hydrogen) atoms. The van der Waals surface area contributed by atoms with Crippen LogP contribution < -0.4 is 9.80 Å². The first-order chi connectivity index (χ1) is 17.3. The maximum Gasteiger partial charge on any atom is 0.309 e. The number of likely N-dealkylation sites (N-methyl/N-ethyl adjacent to an activating group) is 1. The van der Waals surface area contributed by atoms with Gasteiger partial charge in [0.1, 0.15) is 5.82 Å². The largest absolute Gasteiger partial charge is 0.466 e. The summed E-state index contributed by atoms with van der Waals surface area (Å²) >= 11 is 0. The average molecular weight is 484 g/mol. The van der Waals surface area contributed by atoms with E-state index < -0.39 is 0 Å². The van der Waals surface area contributed by atoms with Crippen LogP contribution in [-0.2, 0) is 14.9 Å².